The molecule has 0 bridgehead atoms. The molecule has 39 heavy (non-hydrogen) atoms. The van der Waals surface area contributed by atoms with Gasteiger partial charge in [-0.2, -0.15) is 0 Å². The first-order valence-corrected chi connectivity index (χ1v) is 13.1. The van der Waals surface area contributed by atoms with Crippen molar-refractivity contribution < 1.29 is 39.5 Å². The van der Waals surface area contributed by atoms with Crippen LogP contribution in [0.4, 0.5) is 0 Å². The molecule has 6 rings (SSSR count). The minimum Gasteiger partial charge on any atom is -0.511 e. The quantitative estimate of drug-likeness (QED) is 0.223. The molecule has 2 aromatic rings. The monoisotopic (exact) mass is 533 g/mol. The Balaban J connectivity index is 1.71. The molecule has 2 aromatic carbocycles. The molecule has 0 aromatic heterocycles. The van der Waals surface area contributed by atoms with E-state index in [1.54, 1.807) is 0 Å². The zero-order valence-corrected chi connectivity index (χ0v) is 22.3. The minimum atomic E-state index is -2.69. The summed E-state index contributed by atoms with van der Waals surface area (Å²) >= 11 is 0. The van der Waals surface area contributed by atoms with E-state index in [0.29, 0.717) is 23.1 Å². The number of amides is 1. The van der Waals surface area contributed by atoms with Crippen LogP contribution in [0, 0.1) is 11.3 Å². The molecule has 9 heteroatoms. The van der Waals surface area contributed by atoms with Crippen LogP contribution in [0.1, 0.15) is 67.1 Å². The molecule has 1 unspecified atom stereocenters. The molecule has 9 nitrogen and oxygen atoms in total. The lowest BCUT2D eigenvalue weighted by Crippen LogP contribution is -2.60. The van der Waals surface area contributed by atoms with Crippen LogP contribution >= 0.6 is 0 Å². The van der Waals surface area contributed by atoms with Crippen molar-refractivity contribution in [1.82, 2.24) is 0 Å². The fraction of sp³-hybridized carbons (Fsp3) is 0.433. The summed E-state index contributed by atoms with van der Waals surface area (Å²) in [6.45, 7) is 6.42. The third kappa shape index (κ3) is 2.76. The number of carbonyl (C=O) groups excluding carboxylic acids is 3. The Bertz CT molecular complexity index is 1630. The maximum absolute atomic E-state index is 14.0. The normalized spacial score (nSPS) is 28.9. The van der Waals surface area contributed by atoms with Gasteiger partial charge >= 0.3 is 0 Å². The molecular weight excluding hydrogens is 502 g/mol. The third-order valence-corrected chi connectivity index (χ3v) is 10.0. The summed E-state index contributed by atoms with van der Waals surface area (Å²) in [5.74, 6) is -5.61. The summed E-state index contributed by atoms with van der Waals surface area (Å²) in [5.41, 5.74) is 3.85. The number of nitrogens with two attached hydrogens (primary N) is 1. The third-order valence-electron chi connectivity index (χ3n) is 10.0. The Hall–Kier alpha value is -3.85. The van der Waals surface area contributed by atoms with Gasteiger partial charge in [0, 0.05) is 34.8 Å². The van der Waals surface area contributed by atoms with Crippen molar-refractivity contribution in [2.75, 3.05) is 7.11 Å². The lowest BCUT2D eigenvalue weighted by atomic mass is 9.54. The summed E-state index contributed by atoms with van der Waals surface area (Å²) in [5, 5.41) is 45.4. The summed E-state index contributed by atoms with van der Waals surface area (Å²) in [4.78, 5) is 39.2. The molecule has 0 saturated heterocycles. The van der Waals surface area contributed by atoms with Gasteiger partial charge in [0.2, 0.25) is 11.6 Å². The number of hydrogen-bond acceptors (Lipinski definition) is 8. The van der Waals surface area contributed by atoms with Crippen LogP contribution in [0.25, 0.3) is 10.8 Å². The maximum Gasteiger partial charge on any atom is 0.255 e. The topological polar surface area (TPSA) is 167 Å². The van der Waals surface area contributed by atoms with Crippen molar-refractivity contribution in [1.29, 1.82) is 0 Å². The van der Waals surface area contributed by atoms with Crippen LogP contribution < -0.4 is 10.5 Å². The molecule has 3 atom stereocenters. The van der Waals surface area contributed by atoms with E-state index in [1.807, 2.05) is 0 Å². The number of ketones is 2. The molecule has 0 aliphatic heterocycles. The number of carbonyl (C=O) groups is 3. The van der Waals surface area contributed by atoms with Crippen LogP contribution in [0.2, 0.25) is 0 Å². The second-order valence-electron chi connectivity index (χ2n) is 12.0. The number of fused-ring (bicyclic) bond motifs is 4. The van der Waals surface area contributed by atoms with E-state index in [9.17, 15) is 34.8 Å². The van der Waals surface area contributed by atoms with Crippen molar-refractivity contribution in [3.8, 4) is 17.2 Å². The SMILES string of the molecule is COc1cc(O)c2c(O)c3c(c4c2c1[C@]1(C4)C(C)=CCCC1(C)C)CC1CC(O)=C(C(N)=O)C(=O)[C@@]1(O)C3=O. The van der Waals surface area contributed by atoms with Crippen LogP contribution in [-0.2, 0) is 27.8 Å². The van der Waals surface area contributed by atoms with E-state index in [0.717, 1.165) is 29.5 Å². The number of primary amides is 1. The highest BCUT2D eigenvalue weighted by molar-refractivity contribution is 6.33. The Morgan fingerprint density at radius 1 is 1.08 bits per heavy atom. The number of Topliss-reactive ketones (excluding diaryl/α,β-unsaturated/α-hetero) is 2. The van der Waals surface area contributed by atoms with Crippen LogP contribution in [-0.4, -0.2) is 50.6 Å². The first-order chi connectivity index (χ1) is 18.2. The van der Waals surface area contributed by atoms with E-state index in [1.165, 1.54) is 13.2 Å². The first kappa shape index (κ1) is 25.4. The molecule has 4 aliphatic carbocycles. The lowest BCUT2D eigenvalue weighted by molar-refractivity contribution is -0.137. The summed E-state index contributed by atoms with van der Waals surface area (Å²) in [6, 6.07) is 1.43. The first-order valence-electron chi connectivity index (χ1n) is 13.1. The van der Waals surface area contributed by atoms with E-state index >= 15 is 0 Å². The summed E-state index contributed by atoms with van der Waals surface area (Å²) < 4.78 is 5.79. The van der Waals surface area contributed by atoms with E-state index < -0.39 is 51.5 Å². The number of allylic oxidation sites excluding steroid dienone is 3. The smallest absolute Gasteiger partial charge is 0.255 e. The number of rotatable bonds is 2. The van der Waals surface area contributed by atoms with Crippen LogP contribution in [0.15, 0.2) is 29.0 Å². The number of benzene rings is 2. The maximum atomic E-state index is 14.0. The Labute approximate surface area is 224 Å². The Morgan fingerprint density at radius 2 is 1.77 bits per heavy atom. The molecule has 0 saturated carbocycles. The van der Waals surface area contributed by atoms with Gasteiger partial charge in [0.05, 0.1) is 18.1 Å². The molecule has 0 fully saturated rings. The molecular formula is C30H31NO8. The Kier molecular flexibility index (Phi) is 4.97. The van der Waals surface area contributed by atoms with Gasteiger partial charge in [-0.15, -0.1) is 0 Å². The fourth-order valence-electron chi connectivity index (χ4n) is 8.03. The fourth-order valence-corrected chi connectivity index (χ4v) is 8.03. The van der Waals surface area contributed by atoms with E-state index in [4.69, 9.17) is 10.5 Å². The molecule has 204 valence electrons. The van der Waals surface area contributed by atoms with E-state index in [2.05, 4.69) is 26.8 Å². The highest BCUT2D eigenvalue weighted by atomic mass is 16.5. The van der Waals surface area contributed by atoms with Gasteiger partial charge in [0.15, 0.2) is 5.60 Å². The number of ether oxygens (including phenoxy) is 1. The Morgan fingerprint density at radius 3 is 2.38 bits per heavy atom. The van der Waals surface area contributed by atoms with Crippen molar-refractivity contribution in [2.24, 2.45) is 17.1 Å². The van der Waals surface area contributed by atoms with Crippen LogP contribution in [0.5, 0.6) is 17.2 Å². The summed E-state index contributed by atoms with van der Waals surface area (Å²) in [7, 11) is 1.53. The van der Waals surface area contributed by atoms with Gasteiger partial charge in [-0.1, -0.05) is 25.5 Å². The highest BCUT2D eigenvalue weighted by Crippen LogP contribution is 2.65. The number of phenolic OH excluding ortho intramolecular Hbond substituents is 2. The second kappa shape index (κ2) is 7.63. The second-order valence-corrected chi connectivity index (χ2v) is 12.0. The molecule has 4 aliphatic rings. The minimum absolute atomic E-state index is 0.0189. The van der Waals surface area contributed by atoms with Crippen molar-refractivity contribution >= 4 is 28.2 Å². The van der Waals surface area contributed by atoms with Gasteiger partial charge in [-0.05, 0) is 49.1 Å². The standard InChI is InChI=1S/C30H31NO8/c1-12-6-5-7-28(2,3)29(12)11-15-14-8-13-9-16(32)22(27(31)37)26(36)30(13,38)25(35)20(14)24(34)21-17(33)10-18(39-4)23(29)19(15)21/h6,10,13,32-34,38H,5,7-9,11H2,1-4H3,(H2,31,37)/t13?,29-,30-/m0/s1. The lowest BCUT2D eigenvalue weighted by Gasteiger charge is -2.49. The average Bonchev–Trinajstić information content (AvgIpc) is 3.21. The molecule has 0 heterocycles. The molecule has 0 radical (unpaired) electrons. The number of aromatic hydroxyl groups is 2. The molecule has 1 spiro atoms. The number of phenols is 2. The van der Waals surface area contributed by atoms with E-state index in [-0.39, 0.29) is 35.0 Å². The number of aliphatic hydroxyl groups excluding tert-OH is 1. The van der Waals surface area contributed by atoms with Gasteiger partial charge in [-0.25, -0.2) is 0 Å². The van der Waals surface area contributed by atoms with Crippen LogP contribution in [0.3, 0.4) is 0 Å². The zero-order chi connectivity index (χ0) is 28.4. The van der Waals surface area contributed by atoms with Crippen molar-refractivity contribution in [2.45, 2.75) is 63.9 Å². The van der Waals surface area contributed by atoms with Gasteiger partial charge in [0.1, 0.15) is 28.6 Å². The zero-order valence-electron chi connectivity index (χ0n) is 22.3. The predicted molar refractivity (Wildman–Crippen MR) is 141 cm³/mol. The average molecular weight is 534 g/mol. The number of methoxy groups -OCH3 is 1. The largest absolute Gasteiger partial charge is 0.511 e. The number of aliphatic hydroxyl groups is 2. The van der Waals surface area contributed by atoms with Gasteiger partial charge in [0.25, 0.3) is 5.91 Å². The predicted octanol–water partition coefficient (Wildman–Crippen LogP) is 3.18. The molecule has 1 amide bonds. The van der Waals surface area contributed by atoms with Crippen molar-refractivity contribution in [3.05, 3.63) is 51.3 Å². The number of hydrogen-bond donors (Lipinski definition) is 5. The summed E-state index contributed by atoms with van der Waals surface area (Å²) in [6.07, 6.45) is 4.09. The molecule has 6 N–H and O–H groups in total. The van der Waals surface area contributed by atoms with Gasteiger partial charge in [-0.3, -0.25) is 14.4 Å². The van der Waals surface area contributed by atoms with Gasteiger partial charge < -0.3 is 30.9 Å². The van der Waals surface area contributed by atoms with Crippen molar-refractivity contribution in [3.63, 3.8) is 0 Å². The highest BCUT2D eigenvalue weighted by Gasteiger charge is 2.61.